The maximum atomic E-state index is 12.1. The number of hydrogen-bond donors (Lipinski definition) is 2. The van der Waals surface area contributed by atoms with Gasteiger partial charge in [-0.2, -0.15) is 11.8 Å². The summed E-state index contributed by atoms with van der Waals surface area (Å²) in [5.41, 5.74) is 2.10. The Morgan fingerprint density at radius 1 is 1.35 bits per heavy atom. The van der Waals surface area contributed by atoms with Crippen molar-refractivity contribution < 1.29 is 9.90 Å². The Labute approximate surface area is 124 Å². The molecule has 2 amide bonds. The molecule has 0 bridgehead atoms. The van der Waals surface area contributed by atoms with Crippen LogP contribution in [0.5, 0.6) is 0 Å². The Kier molecular flexibility index (Phi) is 5.73. The van der Waals surface area contributed by atoms with Crippen LogP contribution in [0, 0.1) is 5.92 Å². The lowest BCUT2D eigenvalue weighted by atomic mass is 9.98. The third kappa shape index (κ3) is 4.15. The first-order chi connectivity index (χ1) is 9.72. The van der Waals surface area contributed by atoms with E-state index >= 15 is 0 Å². The number of urea groups is 1. The Hall–Kier alpha value is -1.20. The van der Waals surface area contributed by atoms with Gasteiger partial charge in [-0.1, -0.05) is 12.1 Å². The van der Waals surface area contributed by atoms with Crippen molar-refractivity contribution in [2.45, 2.75) is 18.6 Å². The maximum absolute atomic E-state index is 12.1. The van der Waals surface area contributed by atoms with E-state index in [1.54, 1.807) is 11.8 Å². The van der Waals surface area contributed by atoms with E-state index in [1.807, 2.05) is 29.2 Å². The minimum absolute atomic E-state index is 0.0426. The summed E-state index contributed by atoms with van der Waals surface area (Å²) in [7, 11) is 0. The summed E-state index contributed by atoms with van der Waals surface area (Å²) in [6, 6.07) is 7.95. The average molecular weight is 294 g/mol. The molecule has 110 valence electrons. The lowest BCUT2D eigenvalue weighted by Crippen LogP contribution is -2.41. The van der Waals surface area contributed by atoms with Crippen LogP contribution in [0.4, 0.5) is 10.5 Å². The fourth-order valence-corrected chi connectivity index (χ4v) is 2.90. The highest BCUT2D eigenvalue weighted by atomic mass is 32.2. The van der Waals surface area contributed by atoms with Gasteiger partial charge >= 0.3 is 6.03 Å². The number of anilines is 1. The largest absolute Gasteiger partial charge is 0.396 e. The molecule has 0 saturated carbocycles. The molecule has 1 fully saturated rings. The molecule has 1 heterocycles. The minimum atomic E-state index is -0.0426. The molecule has 0 spiro atoms. The lowest BCUT2D eigenvalue weighted by molar-refractivity contribution is 0.143. The number of nitrogens with zero attached hydrogens (tertiary/aromatic N) is 1. The Bertz CT molecular complexity index is 428. The maximum Gasteiger partial charge on any atom is 0.321 e. The molecule has 0 atom stereocenters. The summed E-state index contributed by atoms with van der Waals surface area (Å²) in [5, 5.41) is 12.0. The molecule has 0 aromatic heterocycles. The normalized spacial score (nSPS) is 16.2. The van der Waals surface area contributed by atoms with Crippen LogP contribution < -0.4 is 5.32 Å². The summed E-state index contributed by atoms with van der Waals surface area (Å²) >= 11 is 1.78. The molecule has 2 rings (SSSR count). The first-order valence-corrected chi connectivity index (χ1v) is 8.37. The zero-order valence-corrected chi connectivity index (χ0v) is 12.7. The number of rotatable bonds is 4. The van der Waals surface area contributed by atoms with Gasteiger partial charge in [0, 0.05) is 31.1 Å². The van der Waals surface area contributed by atoms with Crippen LogP contribution in [0.15, 0.2) is 24.3 Å². The quantitative estimate of drug-likeness (QED) is 0.898. The zero-order chi connectivity index (χ0) is 14.4. The predicted octanol–water partition coefficient (Wildman–Crippen LogP) is 2.79. The Morgan fingerprint density at radius 2 is 2.00 bits per heavy atom. The third-order valence-corrected chi connectivity index (χ3v) is 4.30. The molecule has 0 unspecified atom stereocenters. The van der Waals surface area contributed by atoms with Crippen LogP contribution in [0.25, 0.3) is 0 Å². The van der Waals surface area contributed by atoms with E-state index in [1.165, 1.54) is 5.56 Å². The van der Waals surface area contributed by atoms with Crippen LogP contribution in [0.1, 0.15) is 18.4 Å². The second kappa shape index (κ2) is 7.55. The SMILES string of the molecule is CSCc1ccc(NC(=O)N2CCC(CO)CC2)cc1. The molecule has 5 heteroatoms. The van der Waals surface area contributed by atoms with Crippen molar-refractivity contribution in [3.63, 3.8) is 0 Å². The number of aliphatic hydroxyl groups excluding tert-OH is 1. The van der Waals surface area contributed by atoms with Crippen molar-refractivity contribution in [2.75, 3.05) is 31.3 Å². The summed E-state index contributed by atoms with van der Waals surface area (Å²) < 4.78 is 0. The molecule has 1 aliphatic rings. The van der Waals surface area contributed by atoms with Gasteiger partial charge in [0.1, 0.15) is 0 Å². The van der Waals surface area contributed by atoms with Crippen LogP contribution in [-0.4, -0.2) is 42.0 Å². The molecule has 1 saturated heterocycles. The van der Waals surface area contributed by atoms with Crippen molar-refractivity contribution in [3.05, 3.63) is 29.8 Å². The van der Waals surface area contributed by atoms with Crippen LogP contribution in [0.3, 0.4) is 0 Å². The van der Waals surface area contributed by atoms with E-state index in [4.69, 9.17) is 5.11 Å². The summed E-state index contributed by atoms with van der Waals surface area (Å²) in [4.78, 5) is 13.9. The second-order valence-corrected chi connectivity index (χ2v) is 6.04. The van der Waals surface area contributed by atoms with Gasteiger partial charge < -0.3 is 15.3 Å². The van der Waals surface area contributed by atoms with Gasteiger partial charge in [0.05, 0.1) is 0 Å². The molecule has 4 nitrogen and oxygen atoms in total. The number of amides is 2. The van der Waals surface area contributed by atoms with E-state index in [-0.39, 0.29) is 12.6 Å². The van der Waals surface area contributed by atoms with Gasteiger partial charge in [0.25, 0.3) is 0 Å². The smallest absolute Gasteiger partial charge is 0.321 e. The lowest BCUT2D eigenvalue weighted by Gasteiger charge is -2.31. The van der Waals surface area contributed by atoms with Crippen LogP contribution in [-0.2, 0) is 5.75 Å². The number of likely N-dealkylation sites (tertiary alicyclic amines) is 1. The van der Waals surface area contributed by atoms with Gasteiger partial charge in [0.2, 0.25) is 0 Å². The van der Waals surface area contributed by atoms with E-state index in [0.717, 1.165) is 37.4 Å². The van der Waals surface area contributed by atoms with Crippen molar-refractivity contribution in [1.82, 2.24) is 4.90 Å². The molecular weight excluding hydrogens is 272 g/mol. The van der Waals surface area contributed by atoms with Gasteiger partial charge in [-0.3, -0.25) is 0 Å². The van der Waals surface area contributed by atoms with E-state index in [0.29, 0.717) is 5.92 Å². The van der Waals surface area contributed by atoms with Crippen LogP contribution in [0.2, 0.25) is 0 Å². The molecule has 1 aromatic rings. The predicted molar refractivity (Wildman–Crippen MR) is 84.1 cm³/mol. The molecule has 0 radical (unpaired) electrons. The summed E-state index contributed by atoms with van der Waals surface area (Å²) in [5.74, 6) is 1.34. The van der Waals surface area contributed by atoms with Gasteiger partial charge in [-0.05, 0) is 42.7 Å². The Balaban J connectivity index is 1.85. The molecular formula is C15H22N2O2S. The first kappa shape index (κ1) is 15.2. The number of aliphatic hydroxyl groups is 1. The number of piperidine rings is 1. The fourth-order valence-electron chi connectivity index (χ4n) is 2.37. The highest BCUT2D eigenvalue weighted by molar-refractivity contribution is 7.97. The average Bonchev–Trinajstić information content (AvgIpc) is 2.49. The minimum Gasteiger partial charge on any atom is -0.396 e. The Morgan fingerprint density at radius 3 is 2.55 bits per heavy atom. The first-order valence-electron chi connectivity index (χ1n) is 6.97. The number of benzene rings is 1. The number of nitrogens with one attached hydrogen (secondary N) is 1. The molecule has 1 aliphatic heterocycles. The summed E-state index contributed by atoms with van der Waals surface area (Å²) in [6.45, 7) is 1.68. The number of hydrogen-bond acceptors (Lipinski definition) is 3. The molecule has 2 N–H and O–H groups in total. The number of thioether (sulfide) groups is 1. The third-order valence-electron chi connectivity index (χ3n) is 3.68. The molecule has 1 aromatic carbocycles. The van der Waals surface area contributed by atoms with E-state index < -0.39 is 0 Å². The highest BCUT2D eigenvalue weighted by Gasteiger charge is 2.22. The van der Waals surface area contributed by atoms with Gasteiger partial charge in [-0.25, -0.2) is 4.79 Å². The van der Waals surface area contributed by atoms with E-state index in [9.17, 15) is 4.79 Å². The van der Waals surface area contributed by atoms with Crippen molar-refractivity contribution in [3.8, 4) is 0 Å². The van der Waals surface area contributed by atoms with Crippen molar-refractivity contribution >= 4 is 23.5 Å². The van der Waals surface area contributed by atoms with Crippen LogP contribution >= 0.6 is 11.8 Å². The van der Waals surface area contributed by atoms with Gasteiger partial charge in [0.15, 0.2) is 0 Å². The zero-order valence-electron chi connectivity index (χ0n) is 11.8. The summed E-state index contributed by atoms with van der Waals surface area (Å²) in [6.07, 6.45) is 3.85. The highest BCUT2D eigenvalue weighted by Crippen LogP contribution is 2.18. The monoisotopic (exact) mass is 294 g/mol. The second-order valence-electron chi connectivity index (χ2n) is 5.17. The van der Waals surface area contributed by atoms with E-state index in [2.05, 4.69) is 11.6 Å². The topological polar surface area (TPSA) is 52.6 Å². The standard InChI is InChI=1S/C15H22N2O2S/c1-20-11-13-2-4-14(5-3-13)16-15(19)17-8-6-12(10-18)7-9-17/h2-5,12,18H,6-11H2,1H3,(H,16,19). The van der Waals surface area contributed by atoms with Crippen molar-refractivity contribution in [2.24, 2.45) is 5.92 Å². The molecule has 20 heavy (non-hydrogen) atoms. The number of carbonyl (C=O) groups is 1. The van der Waals surface area contributed by atoms with Crippen molar-refractivity contribution in [1.29, 1.82) is 0 Å². The fraction of sp³-hybridized carbons (Fsp3) is 0.533. The number of carbonyl (C=O) groups excluding carboxylic acids is 1. The van der Waals surface area contributed by atoms with Gasteiger partial charge in [-0.15, -0.1) is 0 Å². The molecule has 0 aliphatic carbocycles.